The van der Waals surface area contributed by atoms with Gasteiger partial charge in [0, 0.05) is 19.1 Å². The predicted octanol–water partition coefficient (Wildman–Crippen LogP) is 1.83. The van der Waals surface area contributed by atoms with Gasteiger partial charge >= 0.3 is 5.97 Å². The molecular weight excluding hydrogens is 218 g/mol. The highest BCUT2D eigenvalue weighted by Gasteiger charge is 2.39. The van der Waals surface area contributed by atoms with Crippen molar-refractivity contribution in [3.63, 3.8) is 0 Å². The van der Waals surface area contributed by atoms with Crippen molar-refractivity contribution in [3.05, 3.63) is 0 Å². The maximum Gasteiger partial charge on any atom is 0.307 e. The van der Waals surface area contributed by atoms with Crippen LogP contribution in [0.3, 0.4) is 0 Å². The van der Waals surface area contributed by atoms with E-state index >= 15 is 0 Å². The van der Waals surface area contributed by atoms with Gasteiger partial charge in [-0.15, -0.1) is 0 Å². The fraction of sp³-hybridized carbons (Fsp3) is 0.923. The lowest BCUT2D eigenvalue weighted by molar-refractivity contribution is -0.188. The van der Waals surface area contributed by atoms with Gasteiger partial charge in [-0.05, 0) is 34.6 Å². The van der Waals surface area contributed by atoms with Gasteiger partial charge in [-0.3, -0.25) is 9.69 Å². The number of carbonyl (C=O) groups is 1. The Morgan fingerprint density at radius 1 is 1.29 bits per heavy atom. The molecule has 1 unspecified atom stereocenters. The van der Waals surface area contributed by atoms with Crippen LogP contribution in [0.25, 0.3) is 0 Å². The molecule has 1 atom stereocenters. The molecule has 1 aliphatic heterocycles. The molecule has 0 saturated carbocycles. The summed E-state index contributed by atoms with van der Waals surface area (Å²) < 4.78 is 10.7. The molecule has 0 aromatic rings. The third-order valence-corrected chi connectivity index (χ3v) is 3.03. The topological polar surface area (TPSA) is 38.8 Å². The highest BCUT2D eigenvalue weighted by Crippen LogP contribution is 2.29. The number of ether oxygens (including phenoxy) is 2. The van der Waals surface area contributed by atoms with Crippen LogP contribution >= 0.6 is 0 Å². The molecule has 0 aromatic heterocycles. The third-order valence-electron chi connectivity index (χ3n) is 3.03. The minimum atomic E-state index is -0.174. The van der Waals surface area contributed by atoms with Crippen LogP contribution in [0.1, 0.15) is 41.0 Å². The summed E-state index contributed by atoms with van der Waals surface area (Å²) in [5.74, 6) is -0.153. The summed E-state index contributed by atoms with van der Waals surface area (Å²) in [6, 6.07) is 0.185. The van der Waals surface area contributed by atoms with E-state index in [1.807, 2.05) is 0 Å². The van der Waals surface area contributed by atoms with Crippen LogP contribution in [-0.4, -0.2) is 48.3 Å². The largest absolute Gasteiger partial charge is 0.469 e. The Bertz CT molecular complexity index is 270. The van der Waals surface area contributed by atoms with Crippen LogP contribution in [-0.2, 0) is 14.3 Å². The second-order valence-electron chi connectivity index (χ2n) is 6.16. The molecule has 17 heavy (non-hydrogen) atoms. The Morgan fingerprint density at radius 3 is 2.18 bits per heavy atom. The number of rotatable bonds is 3. The summed E-state index contributed by atoms with van der Waals surface area (Å²) in [5.41, 5.74) is -0.349. The van der Waals surface area contributed by atoms with Gasteiger partial charge in [0.15, 0.2) is 0 Å². The average Bonchev–Trinajstić information content (AvgIpc) is 2.12. The van der Waals surface area contributed by atoms with E-state index in [0.717, 1.165) is 13.1 Å². The molecule has 1 heterocycles. The molecule has 0 bridgehead atoms. The summed E-state index contributed by atoms with van der Waals surface area (Å²) in [6.07, 6.45) is 0.433. The summed E-state index contributed by atoms with van der Waals surface area (Å²) >= 11 is 0. The average molecular weight is 243 g/mol. The Labute approximate surface area is 104 Å². The SMILES string of the molecule is COC(=O)CC(C)N1CC(C)(C)OC(C)(C)C1. The number of esters is 1. The van der Waals surface area contributed by atoms with Gasteiger partial charge in [0.2, 0.25) is 0 Å². The minimum absolute atomic E-state index is 0.153. The molecule has 100 valence electrons. The van der Waals surface area contributed by atoms with Gasteiger partial charge < -0.3 is 9.47 Å². The van der Waals surface area contributed by atoms with E-state index in [9.17, 15) is 4.79 Å². The van der Waals surface area contributed by atoms with Crippen molar-refractivity contribution in [1.82, 2.24) is 4.90 Å². The molecule has 4 nitrogen and oxygen atoms in total. The number of hydrogen-bond donors (Lipinski definition) is 0. The van der Waals surface area contributed by atoms with Crippen molar-refractivity contribution in [2.24, 2.45) is 0 Å². The fourth-order valence-electron chi connectivity index (χ4n) is 2.61. The third kappa shape index (κ3) is 4.28. The van der Waals surface area contributed by atoms with Crippen molar-refractivity contribution < 1.29 is 14.3 Å². The van der Waals surface area contributed by atoms with Crippen molar-refractivity contribution >= 4 is 5.97 Å². The van der Waals surface area contributed by atoms with Gasteiger partial charge in [0.05, 0.1) is 24.7 Å². The summed E-state index contributed by atoms with van der Waals surface area (Å²) in [5, 5.41) is 0. The van der Waals surface area contributed by atoms with E-state index in [4.69, 9.17) is 9.47 Å². The molecule has 0 radical (unpaired) electrons. The van der Waals surface area contributed by atoms with Crippen LogP contribution in [0.5, 0.6) is 0 Å². The van der Waals surface area contributed by atoms with Crippen LogP contribution in [0.15, 0.2) is 0 Å². The first-order valence-electron chi connectivity index (χ1n) is 6.16. The van der Waals surface area contributed by atoms with Gasteiger partial charge in [-0.1, -0.05) is 0 Å². The zero-order chi connectivity index (χ0) is 13.3. The van der Waals surface area contributed by atoms with Crippen molar-refractivity contribution in [2.75, 3.05) is 20.2 Å². The Hall–Kier alpha value is -0.610. The number of morpholine rings is 1. The summed E-state index contributed by atoms with van der Waals surface area (Å²) in [7, 11) is 1.43. The maximum atomic E-state index is 11.3. The van der Waals surface area contributed by atoms with Gasteiger partial charge in [0.1, 0.15) is 0 Å². The molecule has 4 heteroatoms. The summed E-state index contributed by atoms with van der Waals surface area (Å²) in [6.45, 7) is 12.1. The molecular formula is C13H25NO3. The van der Waals surface area contributed by atoms with E-state index in [-0.39, 0.29) is 23.2 Å². The molecule has 1 fully saturated rings. The molecule has 0 amide bonds. The van der Waals surface area contributed by atoms with Gasteiger partial charge in [-0.25, -0.2) is 0 Å². The molecule has 1 rings (SSSR count). The molecule has 0 spiro atoms. The van der Waals surface area contributed by atoms with Gasteiger partial charge in [-0.2, -0.15) is 0 Å². The van der Waals surface area contributed by atoms with Crippen LogP contribution in [0, 0.1) is 0 Å². The van der Waals surface area contributed by atoms with Crippen LogP contribution in [0.2, 0.25) is 0 Å². The van der Waals surface area contributed by atoms with E-state index < -0.39 is 0 Å². The highest BCUT2D eigenvalue weighted by atomic mass is 16.5. The fourth-order valence-corrected chi connectivity index (χ4v) is 2.61. The van der Waals surface area contributed by atoms with Gasteiger partial charge in [0.25, 0.3) is 0 Å². The zero-order valence-electron chi connectivity index (χ0n) is 11.9. The van der Waals surface area contributed by atoms with Crippen molar-refractivity contribution in [3.8, 4) is 0 Å². The van der Waals surface area contributed by atoms with Crippen LogP contribution in [0.4, 0.5) is 0 Å². The Balaban J connectivity index is 2.67. The number of methoxy groups -OCH3 is 1. The zero-order valence-corrected chi connectivity index (χ0v) is 11.9. The van der Waals surface area contributed by atoms with E-state index in [1.54, 1.807) is 0 Å². The molecule has 0 N–H and O–H groups in total. The first kappa shape index (κ1) is 14.5. The number of hydrogen-bond acceptors (Lipinski definition) is 4. The normalized spacial score (nSPS) is 25.3. The van der Waals surface area contributed by atoms with Crippen molar-refractivity contribution in [2.45, 2.75) is 58.3 Å². The first-order chi connectivity index (χ1) is 7.65. The Morgan fingerprint density at radius 2 is 1.76 bits per heavy atom. The molecule has 0 aliphatic carbocycles. The monoisotopic (exact) mass is 243 g/mol. The molecule has 1 saturated heterocycles. The van der Waals surface area contributed by atoms with Crippen LogP contribution < -0.4 is 0 Å². The standard InChI is InChI=1S/C13H25NO3/c1-10(7-11(15)16-6)14-8-12(2,3)17-13(4,5)9-14/h10H,7-9H2,1-6H3. The Kier molecular flexibility index (Phi) is 4.20. The van der Waals surface area contributed by atoms with Crippen molar-refractivity contribution in [1.29, 1.82) is 0 Å². The first-order valence-corrected chi connectivity index (χ1v) is 6.16. The lowest BCUT2D eigenvalue weighted by Gasteiger charge is -2.49. The predicted molar refractivity (Wildman–Crippen MR) is 66.9 cm³/mol. The molecule has 1 aliphatic rings. The highest BCUT2D eigenvalue weighted by molar-refractivity contribution is 5.69. The van der Waals surface area contributed by atoms with E-state index in [2.05, 4.69) is 39.5 Å². The second kappa shape index (κ2) is 4.94. The number of carbonyl (C=O) groups excluding carboxylic acids is 1. The molecule has 0 aromatic carbocycles. The van der Waals surface area contributed by atoms with E-state index in [1.165, 1.54) is 7.11 Å². The maximum absolute atomic E-state index is 11.3. The lowest BCUT2D eigenvalue weighted by Crippen LogP contribution is -2.59. The smallest absolute Gasteiger partial charge is 0.307 e. The lowest BCUT2D eigenvalue weighted by atomic mass is 9.97. The quantitative estimate of drug-likeness (QED) is 0.709. The minimum Gasteiger partial charge on any atom is -0.469 e. The second-order valence-corrected chi connectivity index (χ2v) is 6.16. The summed E-state index contributed by atoms with van der Waals surface area (Å²) in [4.78, 5) is 13.6. The number of nitrogens with zero attached hydrogens (tertiary/aromatic N) is 1. The van der Waals surface area contributed by atoms with E-state index in [0.29, 0.717) is 6.42 Å².